The number of hydrogen-bond donors (Lipinski definition) is 3. The first-order valence-electron chi connectivity index (χ1n) is 7.74. The van der Waals surface area contributed by atoms with E-state index in [2.05, 4.69) is 10.0 Å². The van der Waals surface area contributed by atoms with E-state index >= 15 is 0 Å². The lowest BCUT2D eigenvalue weighted by molar-refractivity contribution is -0.124. The predicted octanol–water partition coefficient (Wildman–Crippen LogP) is -0.0355. The van der Waals surface area contributed by atoms with Gasteiger partial charge in [0, 0.05) is 19.7 Å². The van der Waals surface area contributed by atoms with Gasteiger partial charge in [-0.25, -0.2) is 13.1 Å². The normalized spacial score (nSPS) is 21.4. The van der Waals surface area contributed by atoms with Gasteiger partial charge >= 0.3 is 0 Å². The van der Waals surface area contributed by atoms with E-state index in [1.165, 1.54) is 0 Å². The zero-order chi connectivity index (χ0) is 16.8. The molecule has 1 aliphatic rings. The zero-order valence-corrected chi connectivity index (χ0v) is 14.5. The fourth-order valence-corrected chi connectivity index (χ4v) is 3.03. The van der Waals surface area contributed by atoms with E-state index in [9.17, 15) is 13.2 Å². The van der Waals surface area contributed by atoms with Crippen LogP contribution in [0, 0.1) is 5.41 Å². The minimum atomic E-state index is -3.42. The largest absolute Gasteiger partial charge is 0.377 e. The van der Waals surface area contributed by atoms with E-state index in [0.29, 0.717) is 6.61 Å². The number of carbonyl (C=O) groups excluding carboxylic acids is 1. The van der Waals surface area contributed by atoms with Crippen molar-refractivity contribution in [2.24, 2.45) is 11.1 Å². The van der Waals surface area contributed by atoms with Crippen molar-refractivity contribution >= 4 is 15.9 Å². The Morgan fingerprint density at radius 3 is 2.59 bits per heavy atom. The highest BCUT2D eigenvalue weighted by Gasteiger charge is 2.27. The van der Waals surface area contributed by atoms with Crippen molar-refractivity contribution in [3.05, 3.63) is 0 Å². The van der Waals surface area contributed by atoms with Gasteiger partial charge in [-0.05, 0) is 24.7 Å². The second kappa shape index (κ2) is 8.24. The topological polar surface area (TPSA) is 111 Å². The predicted molar refractivity (Wildman–Crippen MR) is 85.8 cm³/mol. The van der Waals surface area contributed by atoms with Crippen LogP contribution in [0.25, 0.3) is 0 Å². The van der Waals surface area contributed by atoms with Gasteiger partial charge in [0.2, 0.25) is 15.9 Å². The van der Waals surface area contributed by atoms with Crippen molar-refractivity contribution in [3.8, 4) is 0 Å². The molecule has 22 heavy (non-hydrogen) atoms. The highest BCUT2D eigenvalue weighted by molar-refractivity contribution is 7.89. The highest BCUT2D eigenvalue weighted by atomic mass is 32.2. The molecule has 1 heterocycles. The van der Waals surface area contributed by atoms with Crippen LogP contribution in [0.5, 0.6) is 0 Å². The summed E-state index contributed by atoms with van der Waals surface area (Å²) in [5, 5.41) is 2.57. The summed E-state index contributed by atoms with van der Waals surface area (Å²) in [6, 6.07) is -0.668. The minimum absolute atomic E-state index is 0.0451. The van der Waals surface area contributed by atoms with Crippen LogP contribution in [0.15, 0.2) is 0 Å². The van der Waals surface area contributed by atoms with Gasteiger partial charge in [-0.3, -0.25) is 4.79 Å². The first kappa shape index (κ1) is 19.3. The third kappa shape index (κ3) is 7.04. The Hall–Kier alpha value is -0.700. The maximum absolute atomic E-state index is 11.9. The summed E-state index contributed by atoms with van der Waals surface area (Å²) >= 11 is 0. The number of amides is 1. The fraction of sp³-hybridized carbons (Fsp3) is 0.929. The Kier molecular flexibility index (Phi) is 7.24. The molecule has 0 aromatic carbocycles. The van der Waals surface area contributed by atoms with Gasteiger partial charge in [0.25, 0.3) is 0 Å². The third-order valence-corrected chi connectivity index (χ3v) is 5.04. The van der Waals surface area contributed by atoms with E-state index in [1.54, 1.807) is 0 Å². The Labute approximate surface area is 133 Å². The molecule has 1 unspecified atom stereocenters. The van der Waals surface area contributed by atoms with Crippen molar-refractivity contribution < 1.29 is 17.9 Å². The first-order valence-corrected chi connectivity index (χ1v) is 9.39. The monoisotopic (exact) mass is 335 g/mol. The van der Waals surface area contributed by atoms with Crippen LogP contribution in [0.1, 0.15) is 40.0 Å². The van der Waals surface area contributed by atoms with Gasteiger partial charge in [0.1, 0.15) is 0 Å². The molecule has 0 aromatic rings. The number of sulfonamides is 1. The molecule has 4 N–H and O–H groups in total. The number of nitrogens with one attached hydrogen (secondary N) is 2. The van der Waals surface area contributed by atoms with Gasteiger partial charge in [-0.1, -0.05) is 20.8 Å². The van der Waals surface area contributed by atoms with Crippen molar-refractivity contribution in [2.75, 3.05) is 25.4 Å². The summed E-state index contributed by atoms with van der Waals surface area (Å²) in [6.45, 7) is 6.60. The Balaban J connectivity index is 2.28. The van der Waals surface area contributed by atoms with E-state index in [0.717, 1.165) is 19.3 Å². The molecule has 1 amide bonds. The van der Waals surface area contributed by atoms with Crippen LogP contribution in [-0.4, -0.2) is 51.9 Å². The van der Waals surface area contributed by atoms with Crippen LogP contribution in [-0.2, 0) is 19.6 Å². The van der Waals surface area contributed by atoms with Crippen LogP contribution in [0.2, 0.25) is 0 Å². The molecule has 0 spiro atoms. The van der Waals surface area contributed by atoms with Crippen molar-refractivity contribution in [1.82, 2.24) is 10.0 Å². The lowest BCUT2D eigenvalue weighted by Gasteiger charge is -2.25. The standard InChI is InChI=1S/C14H29N3O4S/c1-14(2,3)12(15)13(18)16-7-9-22(19,20)17-10-11-6-4-5-8-21-11/h11-12,17H,4-10,15H2,1-3H3,(H,16,18)/t11?,12-/m1/s1. The molecule has 1 saturated heterocycles. The third-order valence-electron chi connectivity index (χ3n) is 3.69. The Morgan fingerprint density at radius 1 is 1.36 bits per heavy atom. The number of nitrogens with two attached hydrogens (primary N) is 1. The van der Waals surface area contributed by atoms with Gasteiger partial charge < -0.3 is 15.8 Å². The molecule has 0 aromatic heterocycles. The molecular formula is C14H29N3O4S. The molecule has 1 rings (SSSR count). The van der Waals surface area contributed by atoms with E-state index < -0.39 is 16.1 Å². The van der Waals surface area contributed by atoms with Crippen LogP contribution in [0.4, 0.5) is 0 Å². The zero-order valence-electron chi connectivity index (χ0n) is 13.7. The Morgan fingerprint density at radius 2 is 2.05 bits per heavy atom. The second-order valence-electron chi connectivity index (χ2n) is 6.79. The number of hydrogen-bond acceptors (Lipinski definition) is 5. The van der Waals surface area contributed by atoms with Crippen LogP contribution >= 0.6 is 0 Å². The lowest BCUT2D eigenvalue weighted by atomic mass is 9.87. The maximum Gasteiger partial charge on any atom is 0.237 e. The van der Waals surface area contributed by atoms with Crippen molar-refractivity contribution in [3.63, 3.8) is 0 Å². The molecule has 7 nitrogen and oxygen atoms in total. The van der Waals surface area contributed by atoms with Crippen LogP contribution in [0.3, 0.4) is 0 Å². The van der Waals surface area contributed by atoms with Gasteiger partial charge in [0.05, 0.1) is 17.9 Å². The average molecular weight is 335 g/mol. The van der Waals surface area contributed by atoms with E-state index in [1.807, 2.05) is 20.8 Å². The molecule has 1 fully saturated rings. The molecule has 0 bridgehead atoms. The minimum Gasteiger partial charge on any atom is -0.377 e. The van der Waals surface area contributed by atoms with Gasteiger partial charge in [-0.15, -0.1) is 0 Å². The smallest absolute Gasteiger partial charge is 0.237 e. The van der Waals surface area contributed by atoms with Crippen molar-refractivity contribution in [1.29, 1.82) is 0 Å². The molecule has 0 saturated carbocycles. The summed E-state index contributed by atoms with van der Waals surface area (Å²) in [5.74, 6) is -0.499. The summed E-state index contributed by atoms with van der Waals surface area (Å²) in [7, 11) is -3.42. The average Bonchev–Trinajstić information content (AvgIpc) is 2.44. The van der Waals surface area contributed by atoms with Crippen LogP contribution < -0.4 is 15.8 Å². The van der Waals surface area contributed by atoms with E-state index in [4.69, 9.17) is 10.5 Å². The summed E-state index contributed by atoms with van der Waals surface area (Å²) in [4.78, 5) is 11.8. The second-order valence-corrected chi connectivity index (χ2v) is 8.72. The lowest BCUT2D eigenvalue weighted by Crippen LogP contribution is -2.49. The van der Waals surface area contributed by atoms with Gasteiger partial charge in [0.15, 0.2) is 0 Å². The summed E-state index contributed by atoms with van der Waals surface area (Å²) < 4.78 is 31.7. The van der Waals surface area contributed by atoms with Gasteiger partial charge in [-0.2, -0.15) is 0 Å². The molecule has 1 aliphatic heterocycles. The SMILES string of the molecule is CC(C)(C)[C@H](N)C(=O)NCCS(=O)(=O)NCC1CCCCO1. The Bertz CT molecular complexity index is 453. The quantitative estimate of drug-likeness (QED) is 0.605. The molecule has 130 valence electrons. The molecule has 0 aliphatic carbocycles. The number of carbonyl (C=O) groups is 1. The number of rotatable bonds is 7. The molecule has 8 heteroatoms. The molecule has 0 radical (unpaired) electrons. The van der Waals surface area contributed by atoms with Crippen molar-refractivity contribution in [2.45, 2.75) is 52.2 Å². The fourth-order valence-electron chi connectivity index (χ4n) is 2.07. The first-order chi connectivity index (χ1) is 10.1. The molecule has 2 atom stereocenters. The number of ether oxygens (including phenoxy) is 1. The molecular weight excluding hydrogens is 306 g/mol. The van der Waals surface area contributed by atoms with E-state index in [-0.39, 0.29) is 36.3 Å². The highest BCUT2D eigenvalue weighted by Crippen LogP contribution is 2.17. The summed E-state index contributed by atoms with van der Waals surface area (Å²) in [5.41, 5.74) is 5.45. The summed E-state index contributed by atoms with van der Waals surface area (Å²) in [6.07, 6.45) is 2.92. The maximum atomic E-state index is 11.9.